The predicted octanol–water partition coefficient (Wildman–Crippen LogP) is 2.54. The lowest BCUT2D eigenvalue weighted by molar-refractivity contribution is -0.222. The molecule has 0 aromatic heterocycles. The van der Waals surface area contributed by atoms with Crippen molar-refractivity contribution in [1.29, 1.82) is 0 Å². The number of halogens is 1. The Hall–Kier alpha value is -2.21. The number of carbonyl (C=O) groups is 2. The summed E-state index contributed by atoms with van der Waals surface area (Å²) in [6.07, 6.45) is 1.26. The molecular formula is C15H17ClN2O4. The molecule has 0 spiro atoms. The van der Waals surface area contributed by atoms with Crippen LogP contribution in [0, 0.1) is 0 Å². The normalized spacial score (nSPS) is 16.7. The van der Waals surface area contributed by atoms with Gasteiger partial charge < -0.3 is 19.7 Å². The Kier molecular flexibility index (Phi) is 4.32. The van der Waals surface area contributed by atoms with Crippen LogP contribution in [0.25, 0.3) is 0 Å². The minimum Gasteiger partial charge on any atom is -0.419 e. The molecule has 1 aromatic carbocycles. The van der Waals surface area contributed by atoms with Crippen molar-refractivity contribution in [3.05, 3.63) is 35.0 Å². The molecule has 118 valence electrons. The number of hydrogen-bond acceptors (Lipinski definition) is 6. The Morgan fingerprint density at radius 3 is 2.32 bits per heavy atom. The van der Waals surface area contributed by atoms with Gasteiger partial charge in [0.15, 0.2) is 5.57 Å². The maximum atomic E-state index is 11.9. The van der Waals surface area contributed by atoms with E-state index in [1.807, 2.05) is 25.1 Å². The Bertz CT molecular complexity index is 631. The SMILES string of the molecule is CN(C)c1ccc(Cl)cc1NC=C1C(=O)OC(C)(C)OC1=O. The molecule has 1 N–H and O–H groups in total. The van der Waals surface area contributed by atoms with E-state index in [0.717, 1.165) is 5.69 Å². The van der Waals surface area contributed by atoms with Gasteiger partial charge in [-0.15, -0.1) is 0 Å². The molecule has 1 aromatic rings. The summed E-state index contributed by atoms with van der Waals surface area (Å²) in [6, 6.07) is 5.27. The smallest absolute Gasteiger partial charge is 0.350 e. The summed E-state index contributed by atoms with van der Waals surface area (Å²) in [6.45, 7) is 2.99. The van der Waals surface area contributed by atoms with Gasteiger partial charge in [-0.1, -0.05) is 11.6 Å². The second kappa shape index (κ2) is 5.88. The van der Waals surface area contributed by atoms with Gasteiger partial charge in [0.2, 0.25) is 0 Å². The zero-order chi connectivity index (χ0) is 16.5. The van der Waals surface area contributed by atoms with Crippen molar-refractivity contribution in [1.82, 2.24) is 0 Å². The highest BCUT2D eigenvalue weighted by Gasteiger charge is 2.38. The minimum absolute atomic E-state index is 0.205. The van der Waals surface area contributed by atoms with Crippen LogP contribution in [0.4, 0.5) is 11.4 Å². The van der Waals surface area contributed by atoms with Crippen LogP contribution < -0.4 is 10.2 Å². The molecule has 0 bridgehead atoms. The molecule has 0 radical (unpaired) electrons. The first-order valence-corrected chi connectivity index (χ1v) is 6.98. The van der Waals surface area contributed by atoms with Crippen molar-refractivity contribution in [3.63, 3.8) is 0 Å². The summed E-state index contributed by atoms with van der Waals surface area (Å²) in [7, 11) is 3.74. The van der Waals surface area contributed by atoms with E-state index in [0.29, 0.717) is 10.7 Å². The van der Waals surface area contributed by atoms with Crippen LogP contribution in [0.2, 0.25) is 5.02 Å². The number of esters is 2. The summed E-state index contributed by atoms with van der Waals surface area (Å²) in [4.78, 5) is 25.6. The third-order valence-electron chi connectivity index (χ3n) is 2.93. The number of cyclic esters (lactones) is 2. The van der Waals surface area contributed by atoms with Gasteiger partial charge in [0, 0.05) is 39.2 Å². The monoisotopic (exact) mass is 324 g/mol. The Balaban J connectivity index is 2.27. The molecule has 0 unspecified atom stereocenters. The van der Waals surface area contributed by atoms with E-state index in [1.165, 1.54) is 20.0 Å². The largest absolute Gasteiger partial charge is 0.419 e. The van der Waals surface area contributed by atoms with Crippen molar-refractivity contribution in [2.45, 2.75) is 19.6 Å². The summed E-state index contributed by atoms with van der Waals surface area (Å²) in [5.41, 5.74) is 1.29. The van der Waals surface area contributed by atoms with Crippen LogP contribution in [-0.2, 0) is 19.1 Å². The minimum atomic E-state index is -1.25. The molecule has 1 aliphatic rings. The fourth-order valence-corrected chi connectivity index (χ4v) is 2.11. The van der Waals surface area contributed by atoms with Crippen LogP contribution in [-0.4, -0.2) is 31.8 Å². The highest BCUT2D eigenvalue weighted by Crippen LogP contribution is 2.29. The fraction of sp³-hybridized carbons (Fsp3) is 0.333. The van der Waals surface area contributed by atoms with E-state index in [9.17, 15) is 9.59 Å². The van der Waals surface area contributed by atoms with Gasteiger partial charge in [-0.25, -0.2) is 9.59 Å². The van der Waals surface area contributed by atoms with Crippen LogP contribution in [0.15, 0.2) is 30.0 Å². The summed E-state index contributed by atoms with van der Waals surface area (Å²) in [5, 5.41) is 3.43. The highest BCUT2D eigenvalue weighted by molar-refractivity contribution is 6.31. The van der Waals surface area contributed by atoms with Gasteiger partial charge in [0.25, 0.3) is 5.79 Å². The molecule has 22 heavy (non-hydrogen) atoms. The molecule has 0 amide bonds. The van der Waals surface area contributed by atoms with E-state index in [-0.39, 0.29) is 5.57 Å². The number of ether oxygens (including phenoxy) is 2. The van der Waals surface area contributed by atoms with Gasteiger partial charge in [0.1, 0.15) is 0 Å². The lowest BCUT2D eigenvalue weighted by atomic mass is 10.2. The topological polar surface area (TPSA) is 67.9 Å². The molecule has 1 fully saturated rings. The highest BCUT2D eigenvalue weighted by atomic mass is 35.5. The Morgan fingerprint density at radius 2 is 1.77 bits per heavy atom. The molecule has 0 aliphatic carbocycles. The standard InChI is InChI=1S/C15H17ClN2O4/c1-15(2)21-13(19)10(14(20)22-15)8-17-11-7-9(16)5-6-12(11)18(3)4/h5-8,17H,1-4H3. The van der Waals surface area contributed by atoms with E-state index in [2.05, 4.69) is 5.32 Å². The lowest BCUT2D eigenvalue weighted by Crippen LogP contribution is -2.42. The third kappa shape index (κ3) is 3.51. The van der Waals surface area contributed by atoms with E-state index < -0.39 is 17.7 Å². The molecule has 1 aliphatic heterocycles. The van der Waals surface area contributed by atoms with E-state index >= 15 is 0 Å². The van der Waals surface area contributed by atoms with Gasteiger partial charge in [0.05, 0.1) is 11.4 Å². The average Bonchev–Trinajstić information content (AvgIpc) is 2.35. The first-order chi connectivity index (χ1) is 10.2. The number of anilines is 2. The number of rotatable bonds is 3. The number of nitrogens with zero attached hydrogens (tertiary/aromatic N) is 1. The number of hydrogen-bond donors (Lipinski definition) is 1. The van der Waals surface area contributed by atoms with Crippen molar-refractivity contribution in [2.75, 3.05) is 24.3 Å². The van der Waals surface area contributed by atoms with Crippen LogP contribution in [0.5, 0.6) is 0 Å². The van der Waals surface area contributed by atoms with Crippen LogP contribution >= 0.6 is 11.6 Å². The van der Waals surface area contributed by atoms with Crippen molar-refractivity contribution in [3.8, 4) is 0 Å². The molecule has 0 atom stereocenters. The van der Waals surface area contributed by atoms with Gasteiger partial charge in [-0.3, -0.25) is 0 Å². The Labute approximate surface area is 133 Å². The molecule has 2 rings (SSSR count). The van der Waals surface area contributed by atoms with Crippen LogP contribution in [0.3, 0.4) is 0 Å². The van der Waals surface area contributed by atoms with Crippen molar-refractivity contribution >= 4 is 34.9 Å². The second-order valence-electron chi connectivity index (χ2n) is 5.44. The maximum absolute atomic E-state index is 11.9. The molecule has 0 saturated carbocycles. The quantitative estimate of drug-likeness (QED) is 0.523. The van der Waals surface area contributed by atoms with E-state index in [1.54, 1.807) is 12.1 Å². The molecular weight excluding hydrogens is 308 g/mol. The summed E-state index contributed by atoms with van der Waals surface area (Å²) >= 11 is 5.98. The number of nitrogens with one attached hydrogen (secondary N) is 1. The van der Waals surface area contributed by atoms with Crippen molar-refractivity contribution in [2.24, 2.45) is 0 Å². The molecule has 1 saturated heterocycles. The first-order valence-electron chi connectivity index (χ1n) is 6.60. The third-order valence-corrected chi connectivity index (χ3v) is 3.16. The zero-order valence-electron chi connectivity index (χ0n) is 12.8. The first kappa shape index (κ1) is 16.2. The fourth-order valence-electron chi connectivity index (χ4n) is 1.94. The van der Waals surface area contributed by atoms with Crippen molar-refractivity contribution < 1.29 is 19.1 Å². The second-order valence-corrected chi connectivity index (χ2v) is 5.87. The Morgan fingerprint density at radius 1 is 1.18 bits per heavy atom. The number of benzene rings is 1. The maximum Gasteiger partial charge on any atom is 0.350 e. The molecule has 7 heteroatoms. The van der Waals surface area contributed by atoms with E-state index in [4.69, 9.17) is 21.1 Å². The zero-order valence-corrected chi connectivity index (χ0v) is 13.5. The lowest BCUT2D eigenvalue weighted by Gasteiger charge is -2.29. The number of carbonyl (C=O) groups excluding carboxylic acids is 2. The predicted molar refractivity (Wildman–Crippen MR) is 83.7 cm³/mol. The average molecular weight is 325 g/mol. The summed E-state index contributed by atoms with van der Waals surface area (Å²) < 4.78 is 10.0. The van der Waals surface area contributed by atoms with Crippen LogP contribution in [0.1, 0.15) is 13.8 Å². The van der Waals surface area contributed by atoms with Gasteiger partial charge in [-0.05, 0) is 18.2 Å². The summed E-state index contributed by atoms with van der Waals surface area (Å²) in [5.74, 6) is -2.72. The molecule has 6 nitrogen and oxygen atoms in total. The van der Waals surface area contributed by atoms with Gasteiger partial charge in [-0.2, -0.15) is 0 Å². The van der Waals surface area contributed by atoms with Gasteiger partial charge >= 0.3 is 11.9 Å². The molecule has 1 heterocycles.